The van der Waals surface area contributed by atoms with Gasteiger partial charge < -0.3 is 4.74 Å². The maximum atomic E-state index is 5.25. The highest BCUT2D eigenvalue weighted by Crippen LogP contribution is 2.18. The summed E-state index contributed by atoms with van der Waals surface area (Å²) in [7, 11) is 1.69. The molecule has 0 heterocycles. The van der Waals surface area contributed by atoms with E-state index in [1.165, 1.54) is 11.1 Å². The summed E-state index contributed by atoms with van der Waals surface area (Å²) in [5, 5.41) is 0. The van der Waals surface area contributed by atoms with Gasteiger partial charge in [-0.05, 0) is 35.7 Å². The number of aryl methyl sites for hydroxylation is 1. The van der Waals surface area contributed by atoms with E-state index in [2.05, 4.69) is 37.3 Å². The first-order valence-corrected chi connectivity index (χ1v) is 5.67. The Bertz CT molecular complexity index is 512. The highest BCUT2D eigenvalue weighted by molar-refractivity contribution is 5.70. The number of rotatable bonds is 3. The second-order valence-corrected chi connectivity index (χ2v) is 4.03. The van der Waals surface area contributed by atoms with Crippen molar-refractivity contribution < 1.29 is 4.74 Å². The monoisotopic (exact) mass is 224 g/mol. The standard InChI is InChI=1S/C16H16O/c1-13-10-15(12-16(11-13)17-2)9-8-14-6-4-3-5-7-14/h3-12H,1-2H3/b9-8+. The molecule has 2 aromatic rings. The van der Waals surface area contributed by atoms with Crippen molar-refractivity contribution >= 4 is 12.2 Å². The Morgan fingerprint density at radius 3 is 2.29 bits per heavy atom. The van der Waals surface area contributed by atoms with E-state index in [0.717, 1.165) is 11.3 Å². The van der Waals surface area contributed by atoms with Gasteiger partial charge in [-0.1, -0.05) is 48.6 Å². The highest BCUT2D eigenvalue weighted by Gasteiger charge is 1.95. The molecule has 0 saturated heterocycles. The summed E-state index contributed by atoms with van der Waals surface area (Å²) in [5.74, 6) is 0.901. The molecule has 0 unspecified atom stereocenters. The maximum absolute atomic E-state index is 5.25. The highest BCUT2D eigenvalue weighted by atomic mass is 16.5. The van der Waals surface area contributed by atoms with Crippen LogP contribution in [0.3, 0.4) is 0 Å². The molecule has 0 saturated carbocycles. The second-order valence-electron chi connectivity index (χ2n) is 4.03. The van der Waals surface area contributed by atoms with E-state index in [1.54, 1.807) is 7.11 Å². The minimum absolute atomic E-state index is 0.901. The molecule has 0 aliphatic heterocycles. The van der Waals surface area contributed by atoms with Gasteiger partial charge in [0.05, 0.1) is 7.11 Å². The summed E-state index contributed by atoms with van der Waals surface area (Å²) in [4.78, 5) is 0. The number of methoxy groups -OCH3 is 1. The molecule has 0 aliphatic carbocycles. The second kappa shape index (κ2) is 5.35. The molecule has 17 heavy (non-hydrogen) atoms. The molecule has 0 aromatic heterocycles. The lowest BCUT2D eigenvalue weighted by Gasteiger charge is -2.03. The Labute approximate surface area is 102 Å². The van der Waals surface area contributed by atoms with Crippen LogP contribution in [0.2, 0.25) is 0 Å². The van der Waals surface area contributed by atoms with Crippen LogP contribution in [-0.4, -0.2) is 7.11 Å². The fraction of sp³-hybridized carbons (Fsp3) is 0.125. The van der Waals surface area contributed by atoms with Crippen LogP contribution in [0, 0.1) is 6.92 Å². The fourth-order valence-corrected chi connectivity index (χ4v) is 1.75. The van der Waals surface area contributed by atoms with Crippen molar-refractivity contribution in [1.29, 1.82) is 0 Å². The van der Waals surface area contributed by atoms with Gasteiger partial charge in [0.25, 0.3) is 0 Å². The summed E-state index contributed by atoms with van der Waals surface area (Å²) in [6.45, 7) is 2.07. The minimum atomic E-state index is 0.901. The third-order valence-corrected chi connectivity index (χ3v) is 2.58. The average Bonchev–Trinajstić information content (AvgIpc) is 2.37. The first kappa shape index (κ1) is 11.5. The van der Waals surface area contributed by atoms with Crippen molar-refractivity contribution in [2.45, 2.75) is 6.92 Å². The maximum Gasteiger partial charge on any atom is 0.119 e. The summed E-state index contributed by atoms with van der Waals surface area (Å²) in [6, 6.07) is 16.5. The molecule has 0 atom stereocenters. The van der Waals surface area contributed by atoms with Crippen LogP contribution in [0.25, 0.3) is 12.2 Å². The van der Waals surface area contributed by atoms with Crippen molar-refractivity contribution in [1.82, 2.24) is 0 Å². The van der Waals surface area contributed by atoms with Crippen LogP contribution >= 0.6 is 0 Å². The Balaban J connectivity index is 2.24. The van der Waals surface area contributed by atoms with E-state index in [4.69, 9.17) is 4.74 Å². The fourth-order valence-electron chi connectivity index (χ4n) is 1.75. The average molecular weight is 224 g/mol. The summed E-state index contributed by atoms with van der Waals surface area (Å²) in [5.41, 5.74) is 3.57. The van der Waals surface area contributed by atoms with Gasteiger partial charge in [0.15, 0.2) is 0 Å². The van der Waals surface area contributed by atoms with Crippen LogP contribution in [0.15, 0.2) is 48.5 Å². The molecule has 0 N–H and O–H groups in total. The van der Waals surface area contributed by atoms with E-state index in [1.807, 2.05) is 30.3 Å². The predicted molar refractivity (Wildman–Crippen MR) is 73.1 cm³/mol. The van der Waals surface area contributed by atoms with Crippen LogP contribution in [0.1, 0.15) is 16.7 Å². The van der Waals surface area contributed by atoms with Crippen molar-refractivity contribution in [3.8, 4) is 5.75 Å². The SMILES string of the molecule is COc1cc(C)cc(/C=C/c2ccccc2)c1. The number of ether oxygens (including phenoxy) is 1. The molecule has 2 aromatic carbocycles. The minimum Gasteiger partial charge on any atom is -0.497 e. The largest absolute Gasteiger partial charge is 0.497 e. The number of hydrogen-bond acceptors (Lipinski definition) is 1. The van der Waals surface area contributed by atoms with Crippen LogP contribution in [0.5, 0.6) is 5.75 Å². The molecule has 0 bridgehead atoms. The number of benzene rings is 2. The molecule has 0 fully saturated rings. The third kappa shape index (κ3) is 3.22. The Kier molecular flexibility index (Phi) is 3.61. The first-order chi connectivity index (χ1) is 8.28. The van der Waals surface area contributed by atoms with E-state index in [-0.39, 0.29) is 0 Å². The van der Waals surface area contributed by atoms with Gasteiger partial charge in [0.1, 0.15) is 5.75 Å². The quantitative estimate of drug-likeness (QED) is 0.711. The van der Waals surface area contributed by atoms with Gasteiger partial charge in [-0.15, -0.1) is 0 Å². The molecule has 86 valence electrons. The molecule has 1 heteroatoms. The molecule has 0 spiro atoms. The molecule has 0 radical (unpaired) electrons. The topological polar surface area (TPSA) is 9.23 Å². The Hall–Kier alpha value is -2.02. The molecular weight excluding hydrogens is 208 g/mol. The van der Waals surface area contributed by atoms with Crippen LogP contribution < -0.4 is 4.74 Å². The smallest absolute Gasteiger partial charge is 0.119 e. The van der Waals surface area contributed by atoms with Crippen molar-refractivity contribution in [2.75, 3.05) is 7.11 Å². The van der Waals surface area contributed by atoms with Gasteiger partial charge in [-0.3, -0.25) is 0 Å². The van der Waals surface area contributed by atoms with Crippen molar-refractivity contribution in [3.63, 3.8) is 0 Å². The normalized spacial score (nSPS) is 10.7. The molecule has 0 aliphatic rings. The van der Waals surface area contributed by atoms with E-state index < -0.39 is 0 Å². The van der Waals surface area contributed by atoms with Gasteiger partial charge in [-0.2, -0.15) is 0 Å². The predicted octanol–water partition coefficient (Wildman–Crippen LogP) is 4.17. The number of hydrogen-bond donors (Lipinski definition) is 0. The Morgan fingerprint density at radius 2 is 1.59 bits per heavy atom. The molecule has 1 nitrogen and oxygen atoms in total. The van der Waals surface area contributed by atoms with Crippen molar-refractivity contribution in [2.24, 2.45) is 0 Å². The Morgan fingerprint density at radius 1 is 0.882 bits per heavy atom. The van der Waals surface area contributed by atoms with Gasteiger partial charge in [0.2, 0.25) is 0 Å². The van der Waals surface area contributed by atoms with E-state index in [9.17, 15) is 0 Å². The van der Waals surface area contributed by atoms with E-state index in [0.29, 0.717) is 0 Å². The van der Waals surface area contributed by atoms with Crippen molar-refractivity contribution in [3.05, 3.63) is 65.2 Å². The molecule has 2 rings (SSSR count). The van der Waals surface area contributed by atoms with Gasteiger partial charge >= 0.3 is 0 Å². The third-order valence-electron chi connectivity index (χ3n) is 2.58. The van der Waals surface area contributed by atoms with Crippen LogP contribution in [0.4, 0.5) is 0 Å². The van der Waals surface area contributed by atoms with Crippen LogP contribution in [-0.2, 0) is 0 Å². The lowest BCUT2D eigenvalue weighted by atomic mass is 10.1. The summed E-state index contributed by atoms with van der Waals surface area (Å²) in [6.07, 6.45) is 4.21. The summed E-state index contributed by atoms with van der Waals surface area (Å²) < 4.78 is 5.25. The van der Waals surface area contributed by atoms with Gasteiger partial charge in [-0.25, -0.2) is 0 Å². The zero-order chi connectivity index (χ0) is 12.1. The zero-order valence-corrected chi connectivity index (χ0v) is 10.2. The van der Waals surface area contributed by atoms with E-state index >= 15 is 0 Å². The lowest BCUT2D eigenvalue weighted by molar-refractivity contribution is 0.414. The lowest BCUT2D eigenvalue weighted by Crippen LogP contribution is -1.85. The molecular formula is C16H16O. The zero-order valence-electron chi connectivity index (χ0n) is 10.2. The molecule has 0 amide bonds. The first-order valence-electron chi connectivity index (χ1n) is 5.67. The summed E-state index contributed by atoms with van der Waals surface area (Å²) >= 11 is 0. The van der Waals surface area contributed by atoms with Gasteiger partial charge in [0, 0.05) is 0 Å².